The first kappa shape index (κ1) is 19.4. The van der Waals surface area contributed by atoms with Gasteiger partial charge in [0.25, 0.3) is 0 Å². The second-order valence-electron chi connectivity index (χ2n) is 5.09. The fraction of sp³-hybridized carbons (Fsp3) is 0.188. The van der Waals surface area contributed by atoms with E-state index in [1.165, 1.54) is 19.2 Å². The van der Waals surface area contributed by atoms with Crippen LogP contribution in [-0.2, 0) is 14.8 Å². The second kappa shape index (κ2) is 7.95. The van der Waals surface area contributed by atoms with Crippen LogP contribution in [-0.4, -0.2) is 34.2 Å². The van der Waals surface area contributed by atoms with Gasteiger partial charge in [-0.05, 0) is 24.3 Å². The molecule has 0 aliphatic carbocycles. The van der Waals surface area contributed by atoms with Crippen molar-refractivity contribution in [2.75, 3.05) is 29.5 Å². The van der Waals surface area contributed by atoms with Crippen molar-refractivity contribution in [3.05, 3.63) is 52.5 Å². The Kier molecular flexibility index (Phi) is 6.16. The third kappa shape index (κ3) is 4.78. The minimum Gasteiger partial charge on any atom is -0.495 e. The van der Waals surface area contributed by atoms with Crippen LogP contribution in [0.15, 0.2) is 42.5 Å². The first-order chi connectivity index (χ1) is 11.7. The number of ether oxygens (including phenoxy) is 1. The van der Waals surface area contributed by atoms with Crippen molar-refractivity contribution >= 4 is 50.5 Å². The van der Waals surface area contributed by atoms with Crippen LogP contribution in [0, 0.1) is 0 Å². The summed E-state index contributed by atoms with van der Waals surface area (Å²) >= 11 is 12.0. The quantitative estimate of drug-likeness (QED) is 0.802. The molecule has 0 aliphatic heterocycles. The molecule has 2 aromatic rings. The van der Waals surface area contributed by atoms with E-state index in [9.17, 15) is 13.2 Å². The van der Waals surface area contributed by atoms with Crippen LogP contribution in [0.2, 0.25) is 10.0 Å². The summed E-state index contributed by atoms with van der Waals surface area (Å²) in [6, 6.07) is 11.4. The Hall–Kier alpha value is -1.96. The third-order valence-electron chi connectivity index (χ3n) is 3.27. The van der Waals surface area contributed by atoms with Gasteiger partial charge in [-0.2, -0.15) is 0 Å². The summed E-state index contributed by atoms with van der Waals surface area (Å²) in [5.41, 5.74) is 0.562. The zero-order valence-electron chi connectivity index (χ0n) is 13.5. The Morgan fingerprint density at radius 1 is 1.16 bits per heavy atom. The second-order valence-corrected chi connectivity index (χ2v) is 7.78. The first-order valence-electron chi connectivity index (χ1n) is 7.08. The number of amides is 1. The van der Waals surface area contributed by atoms with E-state index in [0.29, 0.717) is 11.4 Å². The van der Waals surface area contributed by atoms with Crippen molar-refractivity contribution in [3.63, 3.8) is 0 Å². The highest BCUT2D eigenvalue weighted by molar-refractivity contribution is 7.92. The highest BCUT2D eigenvalue weighted by atomic mass is 35.5. The Bertz CT molecular complexity index is 887. The molecule has 2 rings (SSSR count). The lowest BCUT2D eigenvalue weighted by atomic mass is 10.3. The number of carbonyl (C=O) groups excluding carboxylic acids is 1. The molecule has 6 nitrogen and oxygen atoms in total. The maximum Gasteiger partial charge on any atom is 0.245 e. The number of sulfonamides is 1. The summed E-state index contributed by atoms with van der Waals surface area (Å²) in [7, 11) is -2.29. The number of nitrogens with one attached hydrogen (secondary N) is 1. The average Bonchev–Trinajstić information content (AvgIpc) is 2.55. The number of hydrogen-bond acceptors (Lipinski definition) is 4. The van der Waals surface area contributed by atoms with Crippen LogP contribution in [0.3, 0.4) is 0 Å². The van der Waals surface area contributed by atoms with Gasteiger partial charge in [0.2, 0.25) is 15.9 Å². The van der Waals surface area contributed by atoms with E-state index in [0.717, 1.165) is 10.6 Å². The number of para-hydroxylation sites is 2. The lowest BCUT2D eigenvalue weighted by Crippen LogP contribution is -2.37. The van der Waals surface area contributed by atoms with Gasteiger partial charge in [0.15, 0.2) is 0 Å². The Labute approximate surface area is 156 Å². The molecular weight excluding hydrogens is 387 g/mol. The number of hydrogen-bond donors (Lipinski definition) is 1. The van der Waals surface area contributed by atoms with Gasteiger partial charge in [-0.3, -0.25) is 9.10 Å². The van der Waals surface area contributed by atoms with Gasteiger partial charge < -0.3 is 10.1 Å². The van der Waals surface area contributed by atoms with Crippen molar-refractivity contribution in [2.24, 2.45) is 0 Å². The normalized spacial score (nSPS) is 11.0. The molecule has 1 amide bonds. The smallest absolute Gasteiger partial charge is 0.245 e. The molecule has 0 saturated carbocycles. The predicted molar refractivity (Wildman–Crippen MR) is 100 cm³/mol. The molecule has 9 heteroatoms. The SMILES string of the molecule is COc1ccccc1NC(=O)CN(c1cccc(Cl)c1Cl)S(C)(=O)=O. The Morgan fingerprint density at radius 2 is 1.84 bits per heavy atom. The van der Waals surface area contributed by atoms with Crippen molar-refractivity contribution in [3.8, 4) is 5.75 Å². The minimum atomic E-state index is -3.76. The Balaban J connectivity index is 2.29. The molecule has 0 saturated heterocycles. The number of carbonyl (C=O) groups is 1. The molecule has 134 valence electrons. The topological polar surface area (TPSA) is 75.7 Å². The minimum absolute atomic E-state index is 0.0553. The maximum absolute atomic E-state index is 12.4. The first-order valence-corrected chi connectivity index (χ1v) is 9.69. The fourth-order valence-electron chi connectivity index (χ4n) is 2.13. The van der Waals surface area contributed by atoms with E-state index in [1.54, 1.807) is 30.3 Å². The zero-order valence-corrected chi connectivity index (χ0v) is 15.8. The lowest BCUT2D eigenvalue weighted by Gasteiger charge is -2.23. The van der Waals surface area contributed by atoms with Gasteiger partial charge in [-0.1, -0.05) is 41.4 Å². The summed E-state index contributed by atoms with van der Waals surface area (Å²) in [6.45, 7) is -0.461. The predicted octanol–water partition coefficient (Wildman–Crippen LogP) is 3.41. The van der Waals surface area contributed by atoms with Crippen LogP contribution in [0.25, 0.3) is 0 Å². The summed E-state index contributed by atoms with van der Waals surface area (Å²) in [4.78, 5) is 12.4. The van der Waals surface area contributed by atoms with E-state index in [2.05, 4.69) is 5.32 Å². The van der Waals surface area contributed by atoms with E-state index in [4.69, 9.17) is 27.9 Å². The third-order valence-corrected chi connectivity index (χ3v) is 5.20. The van der Waals surface area contributed by atoms with Crippen LogP contribution in [0.1, 0.15) is 0 Å². The molecule has 0 fully saturated rings. The molecule has 2 aromatic carbocycles. The number of nitrogens with zero attached hydrogens (tertiary/aromatic N) is 1. The van der Waals surface area contributed by atoms with Gasteiger partial charge in [-0.25, -0.2) is 8.42 Å². The fourth-order valence-corrected chi connectivity index (χ4v) is 3.44. The molecule has 0 spiro atoms. The van der Waals surface area contributed by atoms with Crippen LogP contribution in [0.5, 0.6) is 5.75 Å². The van der Waals surface area contributed by atoms with Crippen LogP contribution < -0.4 is 14.4 Å². The zero-order chi connectivity index (χ0) is 18.6. The van der Waals surface area contributed by atoms with Gasteiger partial charge >= 0.3 is 0 Å². The summed E-state index contributed by atoms with van der Waals surface area (Å²) in [5.74, 6) is -0.0893. The molecule has 0 heterocycles. The van der Waals surface area contributed by atoms with Gasteiger partial charge in [0, 0.05) is 0 Å². The standard InChI is InChI=1S/C16H16Cl2N2O4S/c1-24-14-9-4-3-7-12(14)19-15(21)10-20(25(2,22)23)13-8-5-6-11(17)16(13)18/h3-9H,10H2,1-2H3,(H,19,21). The number of methoxy groups -OCH3 is 1. The summed E-state index contributed by atoms with van der Waals surface area (Å²) < 4.78 is 30.3. The van der Waals surface area contributed by atoms with Crippen molar-refractivity contribution < 1.29 is 17.9 Å². The van der Waals surface area contributed by atoms with Gasteiger partial charge in [0.1, 0.15) is 12.3 Å². The summed E-state index contributed by atoms with van der Waals surface area (Å²) in [5, 5.41) is 2.87. The number of rotatable bonds is 6. The monoisotopic (exact) mass is 402 g/mol. The van der Waals surface area contributed by atoms with Gasteiger partial charge in [-0.15, -0.1) is 0 Å². The van der Waals surface area contributed by atoms with Crippen molar-refractivity contribution in [1.82, 2.24) is 0 Å². The average molecular weight is 403 g/mol. The number of halogens is 2. The summed E-state index contributed by atoms with van der Waals surface area (Å²) in [6.07, 6.45) is 0.987. The highest BCUT2D eigenvalue weighted by Crippen LogP contribution is 2.33. The van der Waals surface area contributed by atoms with E-state index >= 15 is 0 Å². The number of benzene rings is 2. The lowest BCUT2D eigenvalue weighted by molar-refractivity contribution is -0.114. The molecular formula is C16H16Cl2N2O4S. The largest absolute Gasteiger partial charge is 0.495 e. The molecule has 0 unspecified atom stereocenters. The van der Waals surface area contributed by atoms with E-state index < -0.39 is 22.5 Å². The van der Waals surface area contributed by atoms with Crippen LogP contribution in [0.4, 0.5) is 11.4 Å². The molecule has 25 heavy (non-hydrogen) atoms. The van der Waals surface area contributed by atoms with Crippen molar-refractivity contribution in [2.45, 2.75) is 0 Å². The Morgan fingerprint density at radius 3 is 2.48 bits per heavy atom. The van der Waals surface area contributed by atoms with Crippen molar-refractivity contribution in [1.29, 1.82) is 0 Å². The van der Waals surface area contributed by atoms with Gasteiger partial charge in [0.05, 0.1) is 34.8 Å². The molecule has 0 bridgehead atoms. The maximum atomic E-state index is 12.4. The molecule has 1 N–H and O–H groups in total. The molecule has 0 atom stereocenters. The molecule has 0 aliphatic rings. The number of anilines is 2. The van der Waals surface area contributed by atoms with E-state index in [-0.39, 0.29) is 15.7 Å². The highest BCUT2D eigenvalue weighted by Gasteiger charge is 2.24. The molecule has 0 radical (unpaired) electrons. The van der Waals surface area contributed by atoms with E-state index in [1.807, 2.05) is 0 Å². The molecule has 0 aromatic heterocycles. The van der Waals surface area contributed by atoms with Crippen LogP contribution >= 0.6 is 23.2 Å².